The number of nitrogens with one attached hydrogen (secondary N) is 2. The average molecular weight is 369 g/mol. The number of hydrogen-bond donors (Lipinski definition) is 2. The number of rotatable bonds is 4. The van der Waals surface area contributed by atoms with Gasteiger partial charge in [-0.1, -0.05) is 34.5 Å². The molecule has 0 saturated carbocycles. The predicted molar refractivity (Wildman–Crippen MR) is 90.3 cm³/mol. The first-order valence-electron chi connectivity index (χ1n) is 6.48. The molecule has 6 heteroatoms. The molecule has 110 valence electrons. The van der Waals surface area contributed by atoms with Crippen LogP contribution >= 0.6 is 27.5 Å². The maximum atomic E-state index is 12.4. The Bertz CT molecular complexity index is 654. The summed E-state index contributed by atoms with van der Waals surface area (Å²) in [5.74, 6) is 0.448. The van der Waals surface area contributed by atoms with E-state index in [-0.39, 0.29) is 5.91 Å². The minimum atomic E-state index is -0.219. The Hall–Kier alpha value is -1.59. The second-order valence-corrected chi connectivity index (χ2v) is 5.74. The third-order valence-electron chi connectivity index (χ3n) is 2.94. The molecule has 2 N–H and O–H groups in total. The normalized spacial score (nSPS) is 10.3. The molecule has 0 aliphatic rings. The summed E-state index contributed by atoms with van der Waals surface area (Å²) >= 11 is 9.44. The highest BCUT2D eigenvalue weighted by Gasteiger charge is 2.11. The lowest BCUT2D eigenvalue weighted by molar-refractivity contribution is 0.102. The van der Waals surface area contributed by atoms with Crippen molar-refractivity contribution in [2.75, 3.05) is 17.7 Å². The second kappa shape index (κ2) is 6.91. The summed E-state index contributed by atoms with van der Waals surface area (Å²) in [6.07, 6.45) is 0.757. The highest BCUT2D eigenvalue weighted by molar-refractivity contribution is 9.10. The van der Waals surface area contributed by atoms with Crippen LogP contribution in [0, 0.1) is 0 Å². The first-order chi connectivity index (χ1) is 10.0. The third kappa shape index (κ3) is 3.95. The van der Waals surface area contributed by atoms with E-state index in [2.05, 4.69) is 31.5 Å². The largest absolute Gasteiger partial charge is 0.373 e. The average Bonchev–Trinajstić information content (AvgIpc) is 2.50. The molecule has 0 saturated heterocycles. The van der Waals surface area contributed by atoms with E-state index in [0.29, 0.717) is 22.1 Å². The van der Waals surface area contributed by atoms with Gasteiger partial charge in [-0.15, -0.1) is 0 Å². The molecule has 2 aromatic rings. The van der Waals surface area contributed by atoms with E-state index in [1.807, 2.05) is 13.0 Å². The summed E-state index contributed by atoms with van der Waals surface area (Å²) in [4.78, 5) is 16.7. The van der Waals surface area contributed by atoms with Gasteiger partial charge in [0.05, 0.1) is 10.7 Å². The molecule has 0 radical (unpaired) electrons. The zero-order valence-electron chi connectivity index (χ0n) is 11.7. The van der Waals surface area contributed by atoms with E-state index >= 15 is 0 Å². The first-order valence-corrected chi connectivity index (χ1v) is 7.65. The van der Waals surface area contributed by atoms with Crippen LogP contribution in [0.3, 0.4) is 0 Å². The van der Waals surface area contributed by atoms with Gasteiger partial charge in [0.15, 0.2) is 0 Å². The van der Waals surface area contributed by atoms with Crippen LogP contribution in [0.5, 0.6) is 0 Å². The molecule has 1 aromatic carbocycles. The Morgan fingerprint density at radius 2 is 2.10 bits per heavy atom. The number of nitrogens with zero attached hydrogens (tertiary/aromatic N) is 1. The predicted octanol–water partition coefficient (Wildman–Crippen LogP) is 4.35. The Kier molecular flexibility index (Phi) is 5.20. The van der Waals surface area contributed by atoms with Gasteiger partial charge in [0, 0.05) is 22.8 Å². The SMILES string of the molecule is CCc1cc(C(=O)Nc2cc(Br)ccc2Cl)cc(NC)n1. The number of hydrogen-bond acceptors (Lipinski definition) is 3. The van der Waals surface area contributed by atoms with Crippen LogP contribution in [0.1, 0.15) is 23.0 Å². The van der Waals surface area contributed by atoms with E-state index in [0.717, 1.165) is 16.6 Å². The Balaban J connectivity index is 2.29. The minimum Gasteiger partial charge on any atom is -0.373 e. The molecule has 0 aliphatic carbocycles. The Morgan fingerprint density at radius 3 is 2.76 bits per heavy atom. The number of anilines is 2. The van der Waals surface area contributed by atoms with Crippen molar-refractivity contribution in [2.24, 2.45) is 0 Å². The van der Waals surface area contributed by atoms with Gasteiger partial charge in [0.2, 0.25) is 0 Å². The number of amides is 1. The fourth-order valence-electron chi connectivity index (χ4n) is 1.82. The topological polar surface area (TPSA) is 54.0 Å². The van der Waals surface area contributed by atoms with Gasteiger partial charge in [0.1, 0.15) is 5.82 Å². The van der Waals surface area contributed by atoms with Crippen LogP contribution in [0.4, 0.5) is 11.5 Å². The third-order valence-corrected chi connectivity index (χ3v) is 3.76. The summed E-state index contributed by atoms with van der Waals surface area (Å²) in [7, 11) is 1.77. The van der Waals surface area contributed by atoms with E-state index in [1.165, 1.54) is 0 Å². The van der Waals surface area contributed by atoms with Crippen molar-refractivity contribution in [3.8, 4) is 0 Å². The van der Waals surface area contributed by atoms with Crippen molar-refractivity contribution in [1.82, 2.24) is 4.98 Å². The molecule has 1 amide bonds. The van der Waals surface area contributed by atoms with Gasteiger partial charge in [-0.3, -0.25) is 4.79 Å². The van der Waals surface area contributed by atoms with E-state index in [4.69, 9.17) is 11.6 Å². The van der Waals surface area contributed by atoms with Crippen LogP contribution in [0.2, 0.25) is 5.02 Å². The summed E-state index contributed by atoms with van der Waals surface area (Å²) < 4.78 is 0.849. The lowest BCUT2D eigenvalue weighted by atomic mass is 10.1. The number of carbonyl (C=O) groups is 1. The van der Waals surface area contributed by atoms with E-state index in [9.17, 15) is 4.79 Å². The van der Waals surface area contributed by atoms with Crippen molar-refractivity contribution in [3.05, 3.63) is 51.1 Å². The molecule has 0 fully saturated rings. The van der Waals surface area contributed by atoms with E-state index < -0.39 is 0 Å². The van der Waals surface area contributed by atoms with Crippen molar-refractivity contribution in [1.29, 1.82) is 0 Å². The number of halogens is 2. The van der Waals surface area contributed by atoms with Crippen molar-refractivity contribution in [2.45, 2.75) is 13.3 Å². The highest BCUT2D eigenvalue weighted by atomic mass is 79.9. The van der Waals surface area contributed by atoms with Gasteiger partial charge >= 0.3 is 0 Å². The monoisotopic (exact) mass is 367 g/mol. The Labute approximate surface area is 137 Å². The second-order valence-electron chi connectivity index (χ2n) is 4.41. The number of pyridine rings is 1. The lowest BCUT2D eigenvalue weighted by Gasteiger charge is -2.10. The van der Waals surface area contributed by atoms with Gasteiger partial charge in [0.25, 0.3) is 5.91 Å². The van der Waals surface area contributed by atoms with Crippen LogP contribution < -0.4 is 10.6 Å². The molecule has 21 heavy (non-hydrogen) atoms. The van der Waals surface area contributed by atoms with Crippen molar-refractivity contribution >= 4 is 44.9 Å². The summed E-state index contributed by atoms with van der Waals surface area (Å²) in [6, 6.07) is 8.80. The fourth-order valence-corrected chi connectivity index (χ4v) is 2.34. The maximum Gasteiger partial charge on any atom is 0.255 e. The Morgan fingerprint density at radius 1 is 1.33 bits per heavy atom. The van der Waals surface area contributed by atoms with Crippen LogP contribution in [0.25, 0.3) is 0 Å². The standard InChI is InChI=1S/C15H15BrClN3O/c1-3-11-6-9(7-14(18-2)19-11)15(21)20-13-8-10(16)4-5-12(13)17/h4-8H,3H2,1-2H3,(H,18,19)(H,20,21). The molecule has 2 rings (SSSR count). The molecular formula is C15H15BrClN3O. The zero-order valence-corrected chi connectivity index (χ0v) is 14.0. The zero-order chi connectivity index (χ0) is 15.4. The van der Waals surface area contributed by atoms with Crippen LogP contribution in [-0.2, 0) is 6.42 Å². The number of benzene rings is 1. The highest BCUT2D eigenvalue weighted by Crippen LogP contribution is 2.26. The maximum absolute atomic E-state index is 12.4. The molecule has 1 aromatic heterocycles. The van der Waals surface area contributed by atoms with Gasteiger partial charge < -0.3 is 10.6 Å². The minimum absolute atomic E-state index is 0.219. The summed E-state index contributed by atoms with van der Waals surface area (Å²) in [6.45, 7) is 1.99. The van der Waals surface area contributed by atoms with Crippen LogP contribution in [-0.4, -0.2) is 17.9 Å². The van der Waals surface area contributed by atoms with Crippen LogP contribution in [0.15, 0.2) is 34.8 Å². The fraction of sp³-hybridized carbons (Fsp3) is 0.200. The lowest BCUT2D eigenvalue weighted by Crippen LogP contribution is -2.13. The van der Waals surface area contributed by atoms with Gasteiger partial charge in [-0.05, 0) is 36.8 Å². The molecule has 1 heterocycles. The van der Waals surface area contributed by atoms with Crippen molar-refractivity contribution in [3.63, 3.8) is 0 Å². The van der Waals surface area contributed by atoms with Gasteiger partial charge in [-0.25, -0.2) is 4.98 Å². The molecule has 0 bridgehead atoms. The number of aromatic nitrogens is 1. The smallest absolute Gasteiger partial charge is 0.255 e. The molecule has 4 nitrogen and oxygen atoms in total. The summed E-state index contributed by atoms with van der Waals surface area (Å²) in [5, 5.41) is 6.26. The first kappa shape index (κ1) is 15.8. The molecule has 0 spiro atoms. The molecule has 0 atom stereocenters. The summed E-state index contributed by atoms with van der Waals surface area (Å²) in [5.41, 5.74) is 1.96. The molecule has 0 aliphatic heterocycles. The van der Waals surface area contributed by atoms with Crippen molar-refractivity contribution < 1.29 is 4.79 Å². The molecule has 0 unspecified atom stereocenters. The van der Waals surface area contributed by atoms with E-state index in [1.54, 1.807) is 31.3 Å². The number of carbonyl (C=O) groups excluding carboxylic acids is 1. The quantitative estimate of drug-likeness (QED) is 0.843. The number of aryl methyl sites for hydroxylation is 1. The van der Waals surface area contributed by atoms with Gasteiger partial charge in [-0.2, -0.15) is 0 Å². The molecular weight excluding hydrogens is 354 g/mol.